The third-order valence-electron chi connectivity index (χ3n) is 6.40. The van der Waals surface area contributed by atoms with Crippen LogP contribution >= 0.6 is 24.8 Å². The molecule has 1 aliphatic carbocycles. The third-order valence-corrected chi connectivity index (χ3v) is 6.40. The molecule has 0 saturated heterocycles. The number of amides is 1. The Balaban J connectivity index is 0.00000171. The zero-order valence-electron chi connectivity index (χ0n) is 17.1. The van der Waals surface area contributed by atoms with Crippen molar-refractivity contribution in [3.05, 3.63) is 47.0 Å². The van der Waals surface area contributed by atoms with Gasteiger partial charge in [-0.1, -0.05) is 29.8 Å². The van der Waals surface area contributed by atoms with Crippen LogP contribution in [-0.4, -0.2) is 44.7 Å². The maximum atomic E-state index is 13.0. The van der Waals surface area contributed by atoms with E-state index in [1.165, 1.54) is 11.1 Å². The van der Waals surface area contributed by atoms with Crippen molar-refractivity contribution in [1.82, 2.24) is 19.7 Å². The molecule has 172 valence electrons. The van der Waals surface area contributed by atoms with Gasteiger partial charge in [-0.2, -0.15) is 13.2 Å². The van der Waals surface area contributed by atoms with Crippen LogP contribution in [0.2, 0.25) is 0 Å². The molecule has 2 aliphatic rings. The molecule has 1 fully saturated rings. The number of hydrogen-bond donors (Lipinski definition) is 1. The number of aryl methyl sites for hydroxylation is 1. The highest BCUT2D eigenvalue weighted by molar-refractivity contribution is 5.91. The predicted molar refractivity (Wildman–Crippen MR) is 115 cm³/mol. The highest BCUT2D eigenvalue weighted by Crippen LogP contribution is 2.41. The first-order chi connectivity index (χ1) is 13.7. The van der Waals surface area contributed by atoms with Crippen LogP contribution in [0.15, 0.2) is 24.3 Å². The molecule has 31 heavy (non-hydrogen) atoms. The largest absolute Gasteiger partial charge is 0.451 e. The van der Waals surface area contributed by atoms with E-state index in [1.807, 2.05) is 6.07 Å². The monoisotopic (exact) mass is 479 g/mol. The molecule has 11 heteroatoms. The van der Waals surface area contributed by atoms with Crippen LogP contribution in [0.25, 0.3) is 0 Å². The highest BCUT2D eigenvalue weighted by Gasteiger charge is 2.44. The molecule has 2 N–H and O–H groups in total. The van der Waals surface area contributed by atoms with Gasteiger partial charge >= 0.3 is 6.18 Å². The molecule has 0 unspecified atom stereocenters. The summed E-state index contributed by atoms with van der Waals surface area (Å²) in [5.74, 6) is -1.80. The second-order valence-electron chi connectivity index (χ2n) is 8.08. The number of rotatable bonds is 3. The average molecular weight is 480 g/mol. The lowest BCUT2D eigenvalue weighted by Gasteiger charge is -2.44. The van der Waals surface area contributed by atoms with Crippen molar-refractivity contribution in [2.75, 3.05) is 13.1 Å². The zero-order chi connectivity index (χ0) is 20.8. The van der Waals surface area contributed by atoms with Crippen molar-refractivity contribution < 1.29 is 18.0 Å². The van der Waals surface area contributed by atoms with E-state index in [0.29, 0.717) is 6.54 Å². The number of fused-ring (bicyclic) bond motifs is 1. The lowest BCUT2D eigenvalue weighted by atomic mass is 9.67. The van der Waals surface area contributed by atoms with Gasteiger partial charge in [-0.05, 0) is 38.2 Å². The Hall–Kier alpha value is -1.84. The molecule has 1 aromatic carbocycles. The van der Waals surface area contributed by atoms with Crippen molar-refractivity contribution in [3.63, 3.8) is 0 Å². The lowest BCUT2D eigenvalue weighted by Crippen LogP contribution is -2.51. The molecule has 0 atom stereocenters. The van der Waals surface area contributed by atoms with Crippen LogP contribution in [-0.2, 0) is 18.1 Å². The minimum atomic E-state index is -4.62. The first kappa shape index (κ1) is 25.4. The number of hydrogen-bond acceptors (Lipinski definition) is 4. The molecule has 0 radical (unpaired) electrons. The number of carbonyl (C=O) groups is 1. The van der Waals surface area contributed by atoms with E-state index in [9.17, 15) is 18.0 Å². The second kappa shape index (κ2) is 9.34. The molecular weight excluding hydrogens is 454 g/mol. The van der Waals surface area contributed by atoms with E-state index in [0.717, 1.165) is 30.3 Å². The number of aromatic nitrogens is 3. The van der Waals surface area contributed by atoms with Gasteiger partial charge < -0.3 is 10.6 Å². The number of benzene rings is 1. The van der Waals surface area contributed by atoms with Crippen LogP contribution < -0.4 is 5.73 Å². The quantitative estimate of drug-likeness (QED) is 0.727. The van der Waals surface area contributed by atoms with E-state index < -0.39 is 17.9 Å². The van der Waals surface area contributed by atoms with Crippen LogP contribution in [0.4, 0.5) is 13.2 Å². The first-order valence-electron chi connectivity index (χ1n) is 9.84. The standard InChI is InChI=1S/C20H24F3N5O.2ClH/c1-13-3-2-4-14(11-13)19(12-24)7-5-15(6-8-19)27-9-10-28-16(17(27)29)25-26-18(28)20(21,22)23;;/h2-4,11,15H,5-10,12,24H2,1H3;2*1H. The summed E-state index contributed by atoms with van der Waals surface area (Å²) in [5, 5.41) is 6.74. The fourth-order valence-corrected chi connectivity index (χ4v) is 4.72. The summed E-state index contributed by atoms with van der Waals surface area (Å²) in [6.45, 7) is 2.87. The van der Waals surface area contributed by atoms with E-state index >= 15 is 0 Å². The van der Waals surface area contributed by atoms with E-state index in [1.54, 1.807) is 4.90 Å². The number of carbonyl (C=O) groups excluding carboxylic acids is 1. The van der Waals surface area contributed by atoms with Gasteiger partial charge in [0.1, 0.15) is 0 Å². The summed E-state index contributed by atoms with van der Waals surface area (Å²) < 4.78 is 40.0. The Labute approximate surface area is 191 Å². The third kappa shape index (κ3) is 4.54. The maximum absolute atomic E-state index is 13.0. The van der Waals surface area contributed by atoms with Gasteiger partial charge in [0.05, 0.1) is 0 Å². The van der Waals surface area contributed by atoms with E-state index in [2.05, 4.69) is 35.3 Å². The molecule has 1 amide bonds. The normalized spacial score (nSPS) is 23.6. The topological polar surface area (TPSA) is 77.0 Å². The summed E-state index contributed by atoms with van der Waals surface area (Å²) in [7, 11) is 0. The Morgan fingerprint density at radius 2 is 1.84 bits per heavy atom. The van der Waals surface area contributed by atoms with Crippen molar-refractivity contribution in [2.24, 2.45) is 5.73 Å². The minimum Gasteiger partial charge on any atom is -0.331 e. The van der Waals surface area contributed by atoms with Gasteiger partial charge in [0.25, 0.3) is 5.91 Å². The Morgan fingerprint density at radius 1 is 1.16 bits per heavy atom. The Kier molecular flexibility index (Phi) is 7.66. The molecule has 4 rings (SSSR count). The van der Waals surface area contributed by atoms with Gasteiger partial charge in [-0.3, -0.25) is 9.36 Å². The highest BCUT2D eigenvalue weighted by atomic mass is 35.5. The molecule has 2 aromatic rings. The number of nitrogens with zero attached hydrogens (tertiary/aromatic N) is 4. The summed E-state index contributed by atoms with van der Waals surface area (Å²) in [5.41, 5.74) is 8.45. The zero-order valence-corrected chi connectivity index (χ0v) is 18.7. The number of halogens is 5. The SMILES string of the molecule is Cc1cccc(C2(CN)CCC(N3CCn4c(nnc4C(F)(F)F)C3=O)CC2)c1.Cl.Cl. The van der Waals surface area contributed by atoms with Gasteiger partial charge in [0.15, 0.2) is 0 Å². The fourth-order valence-electron chi connectivity index (χ4n) is 4.72. The van der Waals surface area contributed by atoms with Crippen LogP contribution in [0.3, 0.4) is 0 Å². The molecular formula is C20H26Cl2F3N5O. The van der Waals surface area contributed by atoms with Gasteiger partial charge in [-0.25, -0.2) is 0 Å². The second-order valence-corrected chi connectivity index (χ2v) is 8.08. The van der Waals surface area contributed by atoms with Crippen molar-refractivity contribution >= 4 is 30.7 Å². The molecule has 6 nitrogen and oxygen atoms in total. The van der Waals surface area contributed by atoms with Crippen molar-refractivity contribution in [1.29, 1.82) is 0 Å². The molecule has 2 heterocycles. The van der Waals surface area contributed by atoms with E-state index in [-0.39, 0.29) is 55.2 Å². The molecule has 0 bridgehead atoms. The summed E-state index contributed by atoms with van der Waals surface area (Å²) in [6.07, 6.45) is -1.43. The van der Waals surface area contributed by atoms with E-state index in [4.69, 9.17) is 5.73 Å². The van der Waals surface area contributed by atoms with Crippen molar-refractivity contribution in [2.45, 2.75) is 56.8 Å². The summed E-state index contributed by atoms with van der Waals surface area (Å²) >= 11 is 0. The number of nitrogens with two attached hydrogens (primary N) is 1. The Morgan fingerprint density at radius 3 is 2.42 bits per heavy atom. The summed E-state index contributed by atoms with van der Waals surface area (Å²) in [4.78, 5) is 14.5. The Bertz CT molecular complexity index is 926. The molecule has 0 spiro atoms. The van der Waals surface area contributed by atoms with Crippen LogP contribution in [0.1, 0.15) is 53.3 Å². The van der Waals surface area contributed by atoms with Gasteiger partial charge in [0, 0.05) is 31.1 Å². The smallest absolute Gasteiger partial charge is 0.331 e. The molecule has 1 aromatic heterocycles. The fraction of sp³-hybridized carbons (Fsp3) is 0.550. The van der Waals surface area contributed by atoms with Crippen LogP contribution in [0.5, 0.6) is 0 Å². The lowest BCUT2D eigenvalue weighted by molar-refractivity contribution is -0.147. The minimum absolute atomic E-state index is 0. The van der Waals surface area contributed by atoms with Gasteiger partial charge in [0.2, 0.25) is 11.6 Å². The van der Waals surface area contributed by atoms with Crippen LogP contribution in [0, 0.1) is 6.92 Å². The van der Waals surface area contributed by atoms with Crippen molar-refractivity contribution in [3.8, 4) is 0 Å². The first-order valence-corrected chi connectivity index (χ1v) is 9.84. The maximum Gasteiger partial charge on any atom is 0.451 e. The molecule has 1 saturated carbocycles. The number of alkyl halides is 3. The average Bonchev–Trinajstić information content (AvgIpc) is 3.14. The van der Waals surface area contributed by atoms with Gasteiger partial charge in [-0.15, -0.1) is 35.0 Å². The molecule has 1 aliphatic heterocycles. The summed E-state index contributed by atoms with van der Waals surface area (Å²) in [6, 6.07) is 8.34. The predicted octanol–water partition coefficient (Wildman–Crippen LogP) is 3.74.